The van der Waals surface area contributed by atoms with Crippen LogP contribution in [0.2, 0.25) is 0 Å². The summed E-state index contributed by atoms with van der Waals surface area (Å²) < 4.78 is 0. The fourth-order valence-corrected chi connectivity index (χ4v) is 0.513. The second-order valence-corrected chi connectivity index (χ2v) is 1.52. The van der Waals surface area contributed by atoms with E-state index in [0.717, 1.165) is 12.2 Å². The highest BCUT2D eigenvalue weighted by molar-refractivity contribution is 4.86. The van der Waals surface area contributed by atoms with E-state index < -0.39 is 0 Å². The molecule has 0 radical (unpaired) electrons. The Morgan fingerprint density at radius 2 is 1.89 bits per heavy atom. The summed E-state index contributed by atoms with van der Waals surface area (Å²) >= 11 is 0. The third kappa shape index (κ3) is 2.19. The van der Waals surface area contributed by atoms with Gasteiger partial charge in [0.25, 0.3) is 0 Å². The van der Waals surface area contributed by atoms with Crippen molar-refractivity contribution in [2.45, 2.75) is 13.3 Å². The lowest BCUT2D eigenvalue weighted by molar-refractivity contribution is 0.939. The summed E-state index contributed by atoms with van der Waals surface area (Å²) in [7, 11) is 0. The zero-order valence-electron chi connectivity index (χ0n) is 5.54. The summed E-state index contributed by atoms with van der Waals surface area (Å²) in [5.74, 6) is 0.910. The Morgan fingerprint density at radius 3 is 2.22 bits per heavy atom. The molecule has 0 amide bonds. The van der Waals surface area contributed by atoms with Gasteiger partial charge in [-0.3, -0.25) is 0 Å². The summed E-state index contributed by atoms with van der Waals surface area (Å²) in [5.41, 5.74) is 0. The van der Waals surface area contributed by atoms with Gasteiger partial charge in [-0.25, -0.2) is 9.97 Å². The molecule has 3 heteroatoms. The molecule has 9 heavy (non-hydrogen) atoms. The molecule has 0 aromatic carbocycles. The Morgan fingerprint density at radius 1 is 1.33 bits per heavy atom. The van der Waals surface area contributed by atoms with Crippen LogP contribution in [-0.2, 0) is 6.42 Å². The van der Waals surface area contributed by atoms with E-state index in [1.807, 2.05) is 13.0 Å². The van der Waals surface area contributed by atoms with Crippen LogP contribution < -0.4 is 6.15 Å². The first kappa shape index (κ1) is 8.04. The van der Waals surface area contributed by atoms with Gasteiger partial charge in [0.1, 0.15) is 5.82 Å². The number of aryl methyl sites for hydroxylation is 1. The highest BCUT2D eigenvalue weighted by atomic mass is 14.8. The molecule has 1 aromatic heterocycles. The summed E-state index contributed by atoms with van der Waals surface area (Å²) in [6.07, 6.45) is 4.43. The molecular formula is C6H11N3. The molecule has 0 saturated heterocycles. The zero-order chi connectivity index (χ0) is 5.82. The van der Waals surface area contributed by atoms with Crippen LogP contribution in [0.4, 0.5) is 0 Å². The fraction of sp³-hybridized carbons (Fsp3) is 0.333. The summed E-state index contributed by atoms with van der Waals surface area (Å²) in [4.78, 5) is 7.97. The third-order valence-corrected chi connectivity index (χ3v) is 0.935. The first-order valence-electron chi connectivity index (χ1n) is 2.69. The molecule has 0 aliphatic carbocycles. The van der Waals surface area contributed by atoms with E-state index in [1.165, 1.54) is 0 Å². The van der Waals surface area contributed by atoms with Crippen molar-refractivity contribution in [3.8, 4) is 0 Å². The lowest BCUT2D eigenvalue weighted by atomic mass is 10.4. The van der Waals surface area contributed by atoms with Gasteiger partial charge in [-0.05, 0) is 6.07 Å². The fourth-order valence-electron chi connectivity index (χ4n) is 0.513. The normalized spacial score (nSPS) is 8.11. The summed E-state index contributed by atoms with van der Waals surface area (Å²) in [5, 5.41) is 0. The van der Waals surface area contributed by atoms with Gasteiger partial charge < -0.3 is 6.15 Å². The monoisotopic (exact) mass is 125 g/mol. The van der Waals surface area contributed by atoms with Gasteiger partial charge in [0.15, 0.2) is 0 Å². The SMILES string of the molecule is CCc1ncccn1.N. The Hall–Kier alpha value is -0.960. The maximum Gasteiger partial charge on any atom is 0.127 e. The van der Waals surface area contributed by atoms with Gasteiger partial charge in [0.05, 0.1) is 0 Å². The molecule has 0 atom stereocenters. The third-order valence-electron chi connectivity index (χ3n) is 0.935. The molecule has 0 saturated carbocycles. The van der Waals surface area contributed by atoms with Crippen molar-refractivity contribution >= 4 is 0 Å². The number of rotatable bonds is 1. The quantitative estimate of drug-likeness (QED) is 0.613. The maximum atomic E-state index is 3.99. The second kappa shape index (κ2) is 3.97. The van der Waals surface area contributed by atoms with Gasteiger partial charge in [-0.15, -0.1) is 0 Å². The minimum absolute atomic E-state index is 0. The van der Waals surface area contributed by atoms with Gasteiger partial charge in [-0.1, -0.05) is 6.92 Å². The van der Waals surface area contributed by atoms with E-state index >= 15 is 0 Å². The van der Waals surface area contributed by atoms with E-state index in [0.29, 0.717) is 0 Å². The lowest BCUT2D eigenvalue weighted by Crippen LogP contribution is -1.87. The standard InChI is InChI=1S/C6H8N2.H3N/c1-2-6-7-4-3-5-8-6;/h3-5H,2H2,1H3;1H3. The minimum atomic E-state index is 0. The first-order valence-corrected chi connectivity index (χ1v) is 2.69. The average Bonchev–Trinajstić information content (AvgIpc) is 1.90. The number of hydrogen-bond acceptors (Lipinski definition) is 3. The topological polar surface area (TPSA) is 60.8 Å². The number of nitrogens with zero attached hydrogens (tertiary/aromatic N) is 2. The number of hydrogen-bond donors (Lipinski definition) is 1. The molecule has 50 valence electrons. The molecule has 1 heterocycles. The zero-order valence-corrected chi connectivity index (χ0v) is 5.54. The van der Waals surface area contributed by atoms with Crippen LogP contribution in [-0.4, -0.2) is 9.97 Å². The molecule has 0 spiro atoms. The predicted molar refractivity (Wildman–Crippen MR) is 36.4 cm³/mol. The summed E-state index contributed by atoms with van der Waals surface area (Å²) in [6.45, 7) is 2.04. The Kier molecular flexibility index (Phi) is 3.55. The van der Waals surface area contributed by atoms with Crippen molar-refractivity contribution in [1.29, 1.82) is 0 Å². The van der Waals surface area contributed by atoms with Crippen LogP contribution in [0.5, 0.6) is 0 Å². The highest BCUT2D eigenvalue weighted by Crippen LogP contribution is 1.85. The van der Waals surface area contributed by atoms with Crippen LogP contribution in [0.15, 0.2) is 18.5 Å². The largest absolute Gasteiger partial charge is 0.344 e. The molecule has 0 unspecified atom stereocenters. The van der Waals surface area contributed by atoms with Crippen LogP contribution in [0, 0.1) is 0 Å². The molecule has 0 aliphatic rings. The average molecular weight is 125 g/mol. The van der Waals surface area contributed by atoms with Crippen molar-refractivity contribution in [1.82, 2.24) is 16.1 Å². The van der Waals surface area contributed by atoms with Crippen molar-refractivity contribution in [2.24, 2.45) is 0 Å². The molecule has 0 aliphatic heterocycles. The predicted octanol–water partition coefficient (Wildman–Crippen LogP) is 1.20. The molecule has 0 bridgehead atoms. The molecule has 3 nitrogen and oxygen atoms in total. The molecular weight excluding hydrogens is 114 g/mol. The van der Waals surface area contributed by atoms with E-state index in [4.69, 9.17) is 0 Å². The first-order chi connectivity index (χ1) is 3.93. The Balaban J connectivity index is 0.000000640. The van der Waals surface area contributed by atoms with Gasteiger partial charge in [0.2, 0.25) is 0 Å². The van der Waals surface area contributed by atoms with Gasteiger partial charge in [-0.2, -0.15) is 0 Å². The van der Waals surface area contributed by atoms with Crippen LogP contribution in [0.25, 0.3) is 0 Å². The van der Waals surface area contributed by atoms with Crippen LogP contribution >= 0.6 is 0 Å². The smallest absolute Gasteiger partial charge is 0.127 e. The van der Waals surface area contributed by atoms with Crippen molar-refractivity contribution in [3.63, 3.8) is 0 Å². The van der Waals surface area contributed by atoms with Crippen LogP contribution in [0.3, 0.4) is 0 Å². The maximum absolute atomic E-state index is 3.99. The van der Waals surface area contributed by atoms with E-state index in [-0.39, 0.29) is 6.15 Å². The summed E-state index contributed by atoms with van der Waals surface area (Å²) in [6, 6.07) is 1.82. The number of aromatic nitrogens is 2. The molecule has 1 aromatic rings. The second-order valence-electron chi connectivity index (χ2n) is 1.52. The molecule has 0 fully saturated rings. The van der Waals surface area contributed by atoms with Crippen molar-refractivity contribution in [2.75, 3.05) is 0 Å². The van der Waals surface area contributed by atoms with E-state index in [1.54, 1.807) is 12.4 Å². The van der Waals surface area contributed by atoms with Gasteiger partial charge in [0, 0.05) is 18.8 Å². The van der Waals surface area contributed by atoms with E-state index in [9.17, 15) is 0 Å². The molecule has 3 N–H and O–H groups in total. The lowest BCUT2D eigenvalue weighted by Gasteiger charge is -1.87. The van der Waals surface area contributed by atoms with Crippen LogP contribution in [0.1, 0.15) is 12.7 Å². The molecule has 1 rings (SSSR count). The van der Waals surface area contributed by atoms with Gasteiger partial charge >= 0.3 is 0 Å². The minimum Gasteiger partial charge on any atom is -0.344 e. The van der Waals surface area contributed by atoms with Crippen molar-refractivity contribution in [3.05, 3.63) is 24.3 Å². The highest BCUT2D eigenvalue weighted by Gasteiger charge is 1.83. The van der Waals surface area contributed by atoms with E-state index in [2.05, 4.69) is 9.97 Å². The Bertz CT molecular complexity index is 150. The Labute approximate surface area is 54.7 Å². The van der Waals surface area contributed by atoms with Crippen molar-refractivity contribution < 1.29 is 0 Å².